The van der Waals surface area contributed by atoms with Gasteiger partial charge in [-0.15, -0.1) is 11.6 Å². The second kappa shape index (κ2) is 5.49. The largest absolute Gasteiger partial charge is 0.336 e. The van der Waals surface area contributed by atoms with Gasteiger partial charge in [0.15, 0.2) is 0 Å². The molecule has 0 radical (unpaired) electrons. The Kier molecular flexibility index (Phi) is 4.58. The standard InChI is InChI=1S/C9H14ClF2NO/c10-4-5-13(6-8(11)12)9(14)7-2-1-3-7/h7-8H,1-6H2. The molecular weight excluding hydrogens is 212 g/mol. The van der Waals surface area contributed by atoms with Crippen molar-refractivity contribution >= 4 is 17.5 Å². The third-order valence-electron chi connectivity index (χ3n) is 2.48. The van der Waals surface area contributed by atoms with E-state index in [-0.39, 0.29) is 24.2 Å². The summed E-state index contributed by atoms with van der Waals surface area (Å²) in [7, 11) is 0. The number of halogens is 3. The van der Waals surface area contributed by atoms with E-state index in [0.29, 0.717) is 0 Å². The van der Waals surface area contributed by atoms with Gasteiger partial charge in [0, 0.05) is 18.3 Å². The van der Waals surface area contributed by atoms with Gasteiger partial charge in [-0.1, -0.05) is 6.42 Å². The highest BCUT2D eigenvalue weighted by molar-refractivity contribution is 6.18. The zero-order valence-electron chi connectivity index (χ0n) is 7.89. The zero-order chi connectivity index (χ0) is 10.6. The van der Waals surface area contributed by atoms with Crippen molar-refractivity contribution < 1.29 is 13.6 Å². The normalized spacial score (nSPS) is 16.9. The number of carbonyl (C=O) groups excluding carboxylic acids is 1. The van der Waals surface area contributed by atoms with Crippen LogP contribution in [0, 0.1) is 5.92 Å². The van der Waals surface area contributed by atoms with Crippen LogP contribution in [0.4, 0.5) is 8.78 Å². The summed E-state index contributed by atoms with van der Waals surface area (Å²) in [6.07, 6.45) is 0.226. The fourth-order valence-corrected chi connectivity index (χ4v) is 1.68. The molecule has 1 amide bonds. The van der Waals surface area contributed by atoms with Gasteiger partial charge in [0.2, 0.25) is 5.91 Å². The highest BCUT2D eigenvalue weighted by atomic mass is 35.5. The molecule has 0 aromatic carbocycles. The van der Waals surface area contributed by atoms with Crippen LogP contribution >= 0.6 is 11.6 Å². The third-order valence-corrected chi connectivity index (χ3v) is 2.65. The fourth-order valence-electron chi connectivity index (χ4n) is 1.47. The van der Waals surface area contributed by atoms with E-state index in [1.807, 2.05) is 0 Å². The Bertz CT molecular complexity index is 197. The van der Waals surface area contributed by atoms with E-state index < -0.39 is 13.0 Å². The van der Waals surface area contributed by atoms with Gasteiger partial charge >= 0.3 is 0 Å². The van der Waals surface area contributed by atoms with Crippen LogP contribution in [0.2, 0.25) is 0 Å². The van der Waals surface area contributed by atoms with Crippen LogP contribution in [0.15, 0.2) is 0 Å². The van der Waals surface area contributed by atoms with Crippen molar-refractivity contribution in [3.8, 4) is 0 Å². The van der Waals surface area contributed by atoms with Crippen molar-refractivity contribution in [1.29, 1.82) is 0 Å². The first-order valence-corrected chi connectivity index (χ1v) is 5.31. The van der Waals surface area contributed by atoms with Gasteiger partial charge in [-0.3, -0.25) is 4.79 Å². The number of hydrogen-bond donors (Lipinski definition) is 0. The van der Waals surface area contributed by atoms with Gasteiger partial charge in [0.25, 0.3) is 6.43 Å². The molecule has 0 bridgehead atoms. The van der Waals surface area contributed by atoms with E-state index >= 15 is 0 Å². The summed E-state index contributed by atoms with van der Waals surface area (Å²) in [5.41, 5.74) is 0. The average Bonchev–Trinajstić information content (AvgIpc) is 1.99. The van der Waals surface area contributed by atoms with Gasteiger partial charge < -0.3 is 4.90 Å². The summed E-state index contributed by atoms with van der Waals surface area (Å²) in [5, 5.41) is 0. The summed E-state index contributed by atoms with van der Waals surface area (Å²) >= 11 is 5.45. The third kappa shape index (κ3) is 3.08. The Morgan fingerprint density at radius 3 is 2.50 bits per heavy atom. The molecule has 0 aromatic heterocycles. The SMILES string of the molecule is O=C(C1CCC1)N(CCCl)CC(F)F. The topological polar surface area (TPSA) is 20.3 Å². The lowest BCUT2D eigenvalue weighted by Crippen LogP contribution is -2.42. The summed E-state index contributed by atoms with van der Waals surface area (Å²) < 4.78 is 24.2. The van der Waals surface area contributed by atoms with Gasteiger partial charge in [-0.25, -0.2) is 8.78 Å². The van der Waals surface area contributed by atoms with E-state index in [1.54, 1.807) is 0 Å². The van der Waals surface area contributed by atoms with Crippen molar-refractivity contribution in [1.82, 2.24) is 4.90 Å². The monoisotopic (exact) mass is 225 g/mol. The second-order valence-corrected chi connectivity index (χ2v) is 3.87. The Balaban J connectivity index is 2.42. The molecule has 14 heavy (non-hydrogen) atoms. The number of nitrogens with zero attached hydrogens (tertiary/aromatic N) is 1. The van der Waals surface area contributed by atoms with E-state index in [9.17, 15) is 13.6 Å². The maximum absolute atomic E-state index is 12.1. The molecule has 1 aliphatic carbocycles. The molecule has 0 aliphatic heterocycles. The smallest absolute Gasteiger partial charge is 0.255 e. The highest BCUT2D eigenvalue weighted by Crippen LogP contribution is 2.28. The molecular formula is C9H14ClF2NO. The van der Waals surface area contributed by atoms with Crippen molar-refractivity contribution in [2.24, 2.45) is 5.92 Å². The molecule has 1 saturated carbocycles. The Morgan fingerprint density at radius 1 is 1.50 bits per heavy atom. The molecule has 0 unspecified atom stereocenters. The van der Waals surface area contributed by atoms with Crippen molar-refractivity contribution in [3.63, 3.8) is 0 Å². The first-order chi connectivity index (χ1) is 6.65. The number of hydrogen-bond acceptors (Lipinski definition) is 1. The summed E-state index contributed by atoms with van der Waals surface area (Å²) in [5.74, 6) is 0.0275. The Labute approximate surface area is 87.2 Å². The van der Waals surface area contributed by atoms with Crippen molar-refractivity contribution in [3.05, 3.63) is 0 Å². The van der Waals surface area contributed by atoms with Crippen LogP contribution in [0.5, 0.6) is 0 Å². The summed E-state index contributed by atoms with van der Waals surface area (Å²) in [4.78, 5) is 12.8. The van der Waals surface area contributed by atoms with Gasteiger partial charge in [-0.2, -0.15) is 0 Å². The Hall–Kier alpha value is -0.380. The quantitative estimate of drug-likeness (QED) is 0.657. The number of alkyl halides is 3. The first-order valence-electron chi connectivity index (χ1n) is 4.78. The molecule has 1 fully saturated rings. The van der Waals surface area contributed by atoms with E-state index in [1.165, 1.54) is 4.90 Å². The second-order valence-electron chi connectivity index (χ2n) is 3.49. The predicted molar refractivity (Wildman–Crippen MR) is 50.6 cm³/mol. The van der Waals surface area contributed by atoms with Crippen molar-refractivity contribution in [2.75, 3.05) is 19.0 Å². The minimum atomic E-state index is -2.47. The van der Waals surface area contributed by atoms with Crippen molar-refractivity contribution in [2.45, 2.75) is 25.7 Å². The lowest BCUT2D eigenvalue weighted by atomic mass is 9.84. The maximum Gasteiger partial charge on any atom is 0.255 e. The van der Waals surface area contributed by atoms with E-state index in [4.69, 9.17) is 11.6 Å². The highest BCUT2D eigenvalue weighted by Gasteiger charge is 2.30. The average molecular weight is 226 g/mol. The fraction of sp³-hybridized carbons (Fsp3) is 0.889. The molecule has 5 heteroatoms. The van der Waals surface area contributed by atoms with Crippen LogP contribution in [0.25, 0.3) is 0 Å². The van der Waals surface area contributed by atoms with Gasteiger partial charge in [0.05, 0.1) is 6.54 Å². The Morgan fingerprint density at radius 2 is 2.14 bits per heavy atom. The minimum absolute atomic E-state index is 0.0306. The molecule has 0 saturated heterocycles. The molecule has 0 spiro atoms. The van der Waals surface area contributed by atoms with Crippen LogP contribution < -0.4 is 0 Å². The van der Waals surface area contributed by atoms with Crippen LogP contribution in [-0.2, 0) is 4.79 Å². The predicted octanol–water partition coefficient (Wildman–Crippen LogP) is 2.12. The molecule has 1 aliphatic rings. The summed E-state index contributed by atoms with van der Waals surface area (Å²) in [6, 6.07) is 0. The lowest BCUT2D eigenvalue weighted by molar-refractivity contribution is -0.139. The van der Waals surface area contributed by atoms with Gasteiger partial charge in [0.1, 0.15) is 0 Å². The maximum atomic E-state index is 12.1. The molecule has 0 N–H and O–H groups in total. The first kappa shape index (κ1) is 11.7. The zero-order valence-corrected chi connectivity index (χ0v) is 8.64. The van der Waals surface area contributed by atoms with Crippen LogP contribution in [0.1, 0.15) is 19.3 Å². The minimum Gasteiger partial charge on any atom is -0.336 e. The lowest BCUT2D eigenvalue weighted by Gasteiger charge is -2.31. The molecule has 0 aromatic rings. The molecule has 0 heterocycles. The van der Waals surface area contributed by atoms with E-state index in [0.717, 1.165) is 19.3 Å². The molecule has 2 nitrogen and oxygen atoms in total. The molecule has 82 valence electrons. The van der Waals surface area contributed by atoms with Crippen LogP contribution in [0.3, 0.4) is 0 Å². The molecule has 0 atom stereocenters. The van der Waals surface area contributed by atoms with E-state index in [2.05, 4.69) is 0 Å². The van der Waals surface area contributed by atoms with Gasteiger partial charge in [-0.05, 0) is 12.8 Å². The van der Waals surface area contributed by atoms with Crippen LogP contribution in [-0.4, -0.2) is 36.2 Å². The molecule has 1 rings (SSSR count). The number of rotatable bonds is 5. The summed E-state index contributed by atoms with van der Waals surface area (Å²) in [6.45, 7) is -0.261. The number of carbonyl (C=O) groups is 1. The number of amides is 1.